The lowest BCUT2D eigenvalue weighted by atomic mass is 9.89. The molecule has 2 heterocycles. The van der Waals surface area contributed by atoms with Crippen LogP contribution in [-0.4, -0.2) is 26.3 Å². The normalized spacial score (nSPS) is 23.9. The molecule has 2 aliphatic heterocycles. The van der Waals surface area contributed by atoms with Crippen LogP contribution in [0.5, 0.6) is 11.5 Å². The van der Waals surface area contributed by atoms with Crippen molar-refractivity contribution < 1.29 is 9.47 Å². The summed E-state index contributed by atoms with van der Waals surface area (Å²) in [5.74, 6) is 2.73. The Morgan fingerprint density at radius 2 is 1.76 bits per heavy atom. The van der Waals surface area contributed by atoms with Gasteiger partial charge in [-0.05, 0) is 81.3 Å². The average Bonchev–Trinajstić information content (AvgIpc) is 3.29. The first-order valence-corrected chi connectivity index (χ1v) is 8.34. The first-order valence-electron chi connectivity index (χ1n) is 8.34. The lowest BCUT2D eigenvalue weighted by molar-refractivity contribution is 0.197. The number of hydrogen-bond acceptors (Lipinski definition) is 3. The molecule has 0 amide bonds. The molecule has 3 aliphatic rings. The minimum atomic E-state index is 0.322. The number of nitrogens with one attached hydrogen (secondary N) is 1. The lowest BCUT2D eigenvalue weighted by Gasteiger charge is -2.23. The highest BCUT2D eigenvalue weighted by Crippen LogP contribution is 2.49. The van der Waals surface area contributed by atoms with Gasteiger partial charge in [-0.2, -0.15) is 0 Å². The topological polar surface area (TPSA) is 30.5 Å². The molecule has 1 N–H and O–H groups in total. The third-order valence-electron chi connectivity index (χ3n) is 5.39. The largest absolute Gasteiger partial charge is 0.489 e. The Hall–Kier alpha value is -1.22. The number of fused-ring (bicyclic) bond motifs is 1. The summed E-state index contributed by atoms with van der Waals surface area (Å²) in [4.78, 5) is 0. The summed E-state index contributed by atoms with van der Waals surface area (Å²) in [5.41, 5.74) is 3.11. The van der Waals surface area contributed by atoms with Crippen molar-refractivity contribution >= 4 is 0 Å². The third-order valence-corrected chi connectivity index (χ3v) is 5.39. The molecular formula is C18H25NO2. The predicted molar refractivity (Wildman–Crippen MR) is 83.1 cm³/mol. The zero-order valence-corrected chi connectivity index (χ0v) is 12.9. The Labute approximate surface area is 127 Å². The van der Waals surface area contributed by atoms with Gasteiger partial charge >= 0.3 is 0 Å². The number of hydrogen-bond donors (Lipinski definition) is 1. The second kappa shape index (κ2) is 5.20. The van der Waals surface area contributed by atoms with Gasteiger partial charge in [-0.1, -0.05) is 0 Å². The van der Waals surface area contributed by atoms with E-state index in [2.05, 4.69) is 24.4 Å². The molecule has 1 spiro atoms. The Balaban J connectivity index is 1.54. The second-order valence-corrected chi connectivity index (χ2v) is 7.20. The van der Waals surface area contributed by atoms with Gasteiger partial charge in [-0.15, -0.1) is 0 Å². The van der Waals surface area contributed by atoms with Crippen LogP contribution in [0, 0.1) is 18.3 Å². The summed E-state index contributed by atoms with van der Waals surface area (Å²) in [6, 6.07) is 4.43. The SMILES string of the molecule is Cc1cc2c(cc1CC1CCNCC1)OCC1(CC1)CO2. The van der Waals surface area contributed by atoms with Gasteiger partial charge in [0.05, 0.1) is 13.2 Å². The zero-order valence-electron chi connectivity index (χ0n) is 12.9. The van der Waals surface area contributed by atoms with Crippen LogP contribution in [0.25, 0.3) is 0 Å². The van der Waals surface area contributed by atoms with Crippen molar-refractivity contribution in [2.24, 2.45) is 11.3 Å². The van der Waals surface area contributed by atoms with E-state index in [9.17, 15) is 0 Å². The highest BCUT2D eigenvalue weighted by molar-refractivity contribution is 5.48. The van der Waals surface area contributed by atoms with E-state index in [1.165, 1.54) is 43.2 Å². The van der Waals surface area contributed by atoms with E-state index in [4.69, 9.17) is 9.47 Å². The van der Waals surface area contributed by atoms with Crippen molar-refractivity contribution in [3.63, 3.8) is 0 Å². The summed E-state index contributed by atoms with van der Waals surface area (Å²) in [7, 11) is 0. The van der Waals surface area contributed by atoms with Crippen molar-refractivity contribution in [3.05, 3.63) is 23.3 Å². The molecule has 3 nitrogen and oxygen atoms in total. The highest BCUT2D eigenvalue weighted by Gasteiger charge is 2.46. The quantitative estimate of drug-likeness (QED) is 0.906. The molecule has 0 aromatic heterocycles. The summed E-state index contributed by atoms with van der Waals surface area (Å²) in [6.45, 7) is 6.19. The Morgan fingerprint density at radius 1 is 1.10 bits per heavy atom. The molecule has 0 atom stereocenters. The molecule has 3 heteroatoms. The fourth-order valence-corrected chi connectivity index (χ4v) is 3.51. The molecule has 0 radical (unpaired) electrons. The van der Waals surface area contributed by atoms with E-state index in [1.54, 1.807) is 0 Å². The molecule has 2 fully saturated rings. The van der Waals surface area contributed by atoms with E-state index in [0.29, 0.717) is 5.41 Å². The molecular weight excluding hydrogens is 262 g/mol. The fraction of sp³-hybridized carbons (Fsp3) is 0.667. The van der Waals surface area contributed by atoms with Crippen LogP contribution < -0.4 is 14.8 Å². The van der Waals surface area contributed by atoms with Gasteiger partial charge in [0.25, 0.3) is 0 Å². The van der Waals surface area contributed by atoms with Crippen molar-refractivity contribution in [2.75, 3.05) is 26.3 Å². The predicted octanol–water partition coefficient (Wildman–Crippen LogP) is 3.09. The maximum atomic E-state index is 6.07. The molecule has 114 valence electrons. The molecule has 1 saturated heterocycles. The molecule has 1 aromatic rings. The fourth-order valence-electron chi connectivity index (χ4n) is 3.51. The standard InChI is InChI=1S/C18H25NO2/c1-13-8-16-17(21-12-18(4-5-18)11-20-16)10-15(13)9-14-2-6-19-7-3-14/h8,10,14,19H,2-7,9,11-12H2,1H3. The Bertz CT molecular complexity index is 530. The Morgan fingerprint density at radius 3 is 2.43 bits per heavy atom. The minimum absolute atomic E-state index is 0.322. The number of rotatable bonds is 2. The lowest BCUT2D eigenvalue weighted by Crippen LogP contribution is -2.28. The van der Waals surface area contributed by atoms with E-state index >= 15 is 0 Å². The van der Waals surface area contributed by atoms with Crippen molar-refractivity contribution in [3.8, 4) is 11.5 Å². The van der Waals surface area contributed by atoms with Crippen LogP contribution in [-0.2, 0) is 6.42 Å². The van der Waals surface area contributed by atoms with Crippen LogP contribution in [0.1, 0.15) is 36.8 Å². The summed E-state index contributed by atoms with van der Waals surface area (Å²) in [6.07, 6.45) is 6.26. The first kappa shape index (κ1) is 13.4. The zero-order chi connectivity index (χ0) is 14.3. The monoisotopic (exact) mass is 287 g/mol. The highest BCUT2D eigenvalue weighted by atomic mass is 16.5. The van der Waals surface area contributed by atoms with Gasteiger partial charge < -0.3 is 14.8 Å². The Kier molecular flexibility index (Phi) is 3.33. The second-order valence-electron chi connectivity index (χ2n) is 7.20. The van der Waals surface area contributed by atoms with Gasteiger partial charge in [-0.3, -0.25) is 0 Å². The number of aryl methyl sites for hydroxylation is 1. The van der Waals surface area contributed by atoms with Gasteiger partial charge in [0, 0.05) is 5.41 Å². The molecule has 1 saturated carbocycles. The average molecular weight is 287 g/mol. The van der Waals surface area contributed by atoms with Crippen LogP contribution in [0.3, 0.4) is 0 Å². The molecule has 0 bridgehead atoms. The van der Waals surface area contributed by atoms with Crippen LogP contribution in [0.15, 0.2) is 12.1 Å². The number of piperidine rings is 1. The van der Waals surface area contributed by atoms with Gasteiger partial charge in [0.2, 0.25) is 0 Å². The van der Waals surface area contributed by atoms with E-state index in [-0.39, 0.29) is 0 Å². The molecule has 4 rings (SSSR count). The molecule has 1 aliphatic carbocycles. The number of benzene rings is 1. The van der Waals surface area contributed by atoms with Crippen LogP contribution in [0.4, 0.5) is 0 Å². The third kappa shape index (κ3) is 2.76. The van der Waals surface area contributed by atoms with Gasteiger partial charge in [-0.25, -0.2) is 0 Å². The van der Waals surface area contributed by atoms with Crippen LogP contribution >= 0.6 is 0 Å². The maximum Gasteiger partial charge on any atom is 0.161 e. The van der Waals surface area contributed by atoms with Crippen molar-refractivity contribution in [1.82, 2.24) is 5.32 Å². The molecule has 21 heavy (non-hydrogen) atoms. The smallest absolute Gasteiger partial charge is 0.161 e. The molecule has 0 unspecified atom stereocenters. The minimum Gasteiger partial charge on any atom is -0.489 e. The summed E-state index contributed by atoms with van der Waals surface area (Å²) in [5, 5.41) is 3.44. The van der Waals surface area contributed by atoms with E-state index in [1.807, 2.05) is 0 Å². The van der Waals surface area contributed by atoms with Gasteiger partial charge in [0.1, 0.15) is 0 Å². The van der Waals surface area contributed by atoms with Gasteiger partial charge in [0.15, 0.2) is 11.5 Å². The van der Waals surface area contributed by atoms with Crippen molar-refractivity contribution in [1.29, 1.82) is 0 Å². The molecule has 1 aromatic carbocycles. The van der Waals surface area contributed by atoms with E-state index in [0.717, 1.165) is 43.7 Å². The number of ether oxygens (including phenoxy) is 2. The van der Waals surface area contributed by atoms with Crippen molar-refractivity contribution in [2.45, 2.75) is 39.0 Å². The van der Waals surface area contributed by atoms with Crippen LogP contribution in [0.2, 0.25) is 0 Å². The van der Waals surface area contributed by atoms with E-state index < -0.39 is 0 Å². The summed E-state index contributed by atoms with van der Waals surface area (Å²) < 4.78 is 12.1. The maximum absolute atomic E-state index is 6.07. The summed E-state index contributed by atoms with van der Waals surface area (Å²) >= 11 is 0. The first-order chi connectivity index (χ1) is 10.2.